The van der Waals surface area contributed by atoms with Gasteiger partial charge in [0.15, 0.2) is 0 Å². The van der Waals surface area contributed by atoms with E-state index in [-0.39, 0.29) is 11.3 Å². The van der Waals surface area contributed by atoms with Gasteiger partial charge in [-0.1, -0.05) is 40.0 Å². The number of nitrogens with one attached hydrogen (secondary N) is 1. The first kappa shape index (κ1) is 11.5. The molecule has 1 saturated carbocycles. The van der Waals surface area contributed by atoms with Crippen LogP contribution in [0.5, 0.6) is 0 Å². The SMILES string of the molecule is CC(C)(C)[CH]C(=O)NC1CCCCC1. The number of carbonyl (C=O) groups excluding carboxylic acids is 1. The van der Waals surface area contributed by atoms with Crippen molar-refractivity contribution in [2.75, 3.05) is 0 Å². The van der Waals surface area contributed by atoms with E-state index in [9.17, 15) is 4.79 Å². The van der Waals surface area contributed by atoms with Gasteiger partial charge in [-0.25, -0.2) is 0 Å². The zero-order valence-electron chi connectivity index (χ0n) is 9.60. The zero-order chi connectivity index (χ0) is 10.6. The summed E-state index contributed by atoms with van der Waals surface area (Å²) in [5, 5.41) is 3.08. The van der Waals surface area contributed by atoms with E-state index < -0.39 is 0 Å². The third-order valence-electron chi connectivity index (χ3n) is 2.52. The molecule has 81 valence electrons. The van der Waals surface area contributed by atoms with Gasteiger partial charge >= 0.3 is 0 Å². The first-order valence-corrected chi connectivity index (χ1v) is 5.64. The Hall–Kier alpha value is -0.530. The summed E-state index contributed by atoms with van der Waals surface area (Å²) in [7, 11) is 0. The zero-order valence-corrected chi connectivity index (χ0v) is 9.60. The third kappa shape index (κ3) is 4.64. The van der Waals surface area contributed by atoms with Crippen molar-refractivity contribution in [3.05, 3.63) is 6.42 Å². The molecule has 0 aromatic heterocycles. The molecule has 1 amide bonds. The number of hydrogen-bond acceptors (Lipinski definition) is 1. The molecule has 0 unspecified atom stereocenters. The number of rotatable bonds is 2. The Morgan fingerprint density at radius 2 is 1.79 bits per heavy atom. The molecule has 1 N–H and O–H groups in total. The van der Waals surface area contributed by atoms with Crippen molar-refractivity contribution >= 4 is 5.91 Å². The minimum absolute atomic E-state index is 0.0151. The van der Waals surface area contributed by atoms with Crippen LogP contribution >= 0.6 is 0 Å². The Balaban J connectivity index is 2.25. The first-order valence-electron chi connectivity index (χ1n) is 5.64. The quantitative estimate of drug-likeness (QED) is 0.723. The van der Waals surface area contributed by atoms with Crippen LogP contribution < -0.4 is 5.32 Å². The van der Waals surface area contributed by atoms with Crippen LogP contribution in [0.2, 0.25) is 0 Å². The second kappa shape index (κ2) is 4.81. The largest absolute Gasteiger partial charge is 0.353 e. The Morgan fingerprint density at radius 1 is 1.21 bits per heavy atom. The first-order chi connectivity index (χ1) is 6.47. The smallest absolute Gasteiger partial charge is 0.224 e. The van der Waals surface area contributed by atoms with Gasteiger partial charge in [-0.2, -0.15) is 0 Å². The maximum atomic E-state index is 11.6. The Bertz CT molecular complexity index is 187. The standard InChI is InChI=1S/C12H22NO/c1-12(2,3)9-11(14)13-10-7-5-4-6-8-10/h9-10H,4-8H2,1-3H3,(H,13,14). The van der Waals surface area contributed by atoms with Crippen LogP contribution in [0, 0.1) is 11.8 Å². The highest BCUT2D eigenvalue weighted by Crippen LogP contribution is 2.20. The predicted octanol–water partition coefficient (Wildman–Crippen LogP) is 2.69. The summed E-state index contributed by atoms with van der Waals surface area (Å²) in [6.07, 6.45) is 7.95. The average molecular weight is 196 g/mol. The van der Waals surface area contributed by atoms with E-state index in [2.05, 4.69) is 5.32 Å². The van der Waals surface area contributed by atoms with Crippen LogP contribution in [0.15, 0.2) is 0 Å². The lowest BCUT2D eigenvalue weighted by Gasteiger charge is -2.24. The van der Waals surface area contributed by atoms with Crippen molar-refractivity contribution in [3.63, 3.8) is 0 Å². The van der Waals surface area contributed by atoms with Crippen LogP contribution in [0.4, 0.5) is 0 Å². The van der Waals surface area contributed by atoms with Crippen LogP contribution in [0.1, 0.15) is 52.9 Å². The molecular formula is C12H22NO. The molecule has 0 aliphatic heterocycles. The molecule has 1 aliphatic carbocycles. The third-order valence-corrected chi connectivity index (χ3v) is 2.52. The molecule has 1 fully saturated rings. The summed E-state index contributed by atoms with van der Waals surface area (Å²) >= 11 is 0. The molecule has 0 aromatic rings. The van der Waals surface area contributed by atoms with Crippen molar-refractivity contribution in [1.82, 2.24) is 5.32 Å². The van der Waals surface area contributed by atoms with E-state index in [1.165, 1.54) is 19.3 Å². The van der Waals surface area contributed by atoms with Crippen molar-refractivity contribution in [2.24, 2.45) is 5.41 Å². The Morgan fingerprint density at radius 3 is 2.29 bits per heavy atom. The Labute approximate surface area is 87.5 Å². The molecule has 2 nitrogen and oxygen atoms in total. The van der Waals surface area contributed by atoms with Crippen LogP contribution in [-0.4, -0.2) is 11.9 Å². The molecule has 0 bridgehead atoms. The van der Waals surface area contributed by atoms with Gasteiger partial charge in [0.05, 0.1) is 6.42 Å². The average Bonchev–Trinajstić information content (AvgIpc) is 2.02. The van der Waals surface area contributed by atoms with Crippen LogP contribution in [0.25, 0.3) is 0 Å². The fraction of sp³-hybridized carbons (Fsp3) is 0.833. The number of amides is 1. The van der Waals surface area contributed by atoms with Crippen LogP contribution in [-0.2, 0) is 4.79 Å². The monoisotopic (exact) mass is 196 g/mol. The minimum Gasteiger partial charge on any atom is -0.353 e. The van der Waals surface area contributed by atoms with Gasteiger partial charge in [-0.05, 0) is 18.3 Å². The molecule has 1 radical (unpaired) electrons. The van der Waals surface area contributed by atoms with Crippen molar-refractivity contribution in [1.29, 1.82) is 0 Å². The van der Waals surface area contributed by atoms with E-state index in [1.54, 1.807) is 6.42 Å². The Kier molecular flexibility index (Phi) is 3.97. The molecule has 0 spiro atoms. The molecule has 1 rings (SSSR count). The highest BCUT2D eigenvalue weighted by atomic mass is 16.1. The lowest BCUT2D eigenvalue weighted by atomic mass is 9.90. The molecule has 0 heterocycles. The summed E-state index contributed by atoms with van der Waals surface area (Å²) in [5.74, 6) is 0.101. The second-order valence-electron chi connectivity index (χ2n) is 5.35. The predicted molar refractivity (Wildman–Crippen MR) is 58.8 cm³/mol. The lowest BCUT2D eigenvalue weighted by molar-refractivity contribution is -0.119. The molecule has 2 heteroatoms. The fourth-order valence-corrected chi connectivity index (χ4v) is 1.88. The van der Waals surface area contributed by atoms with E-state index in [0.717, 1.165) is 12.8 Å². The maximum Gasteiger partial charge on any atom is 0.224 e. The topological polar surface area (TPSA) is 29.1 Å². The molecule has 14 heavy (non-hydrogen) atoms. The van der Waals surface area contributed by atoms with Gasteiger partial charge in [-0.15, -0.1) is 0 Å². The number of hydrogen-bond donors (Lipinski definition) is 1. The molecule has 0 aromatic carbocycles. The maximum absolute atomic E-state index is 11.6. The van der Waals surface area contributed by atoms with E-state index in [0.29, 0.717) is 6.04 Å². The van der Waals surface area contributed by atoms with Crippen molar-refractivity contribution in [2.45, 2.75) is 58.9 Å². The second-order valence-corrected chi connectivity index (χ2v) is 5.35. The van der Waals surface area contributed by atoms with Gasteiger partial charge in [0, 0.05) is 6.04 Å². The summed E-state index contributed by atoms with van der Waals surface area (Å²) in [5.41, 5.74) is -0.0151. The summed E-state index contributed by atoms with van der Waals surface area (Å²) in [6, 6.07) is 0.426. The summed E-state index contributed by atoms with van der Waals surface area (Å²) < 4.78 is 0. The van der Waals surface area contributed by atoms with Gasteiger partial charge in [-0.3, -0.25) is 4.79 Å². The van der Waals surface area contributed by atoms with Crippen LogP contribution in [0.3, 0.4) is 0 Å². The van der Waals surface area contributed by atoms with Gasteiger partial charge in [0.25, 0.3) is 0 Å². The van der Waals surface area contributed by atoms with E-state index in [4.69, 9.17) is 0 Å². The van der Waals surface area contributed by atoms with E-state index >= 15 is 0 Å². The fourth-order valence-electron chi connectivity index (χ4n) is 1.88. The number of carbonyl (C=O) groups is 1. The normalized spacial score (nSPS) is 19.4. The molecular weight excluding hydrogens is 174 g/mol. The van der Waals surface area contributed by atoms with Gasteiger partial charge in [0.1, 0.15) is 0 Å². The minimum atomic E-state index is -0.0151. The molecule has 0 atom stereocenters. The van der Waals surface area contributed by atoms with Crippen molar-refractivity contribution in [3.8, 4) is 0 Å². The van der Waals surface area contributed by atoms with Crippen molar-refractivity contribution < 1.29 is 4.79 Å². The molecule has 1 aliphatic rings. The highest BCUT2D eigenvalue weighted by molar-refractivity contribution is 5.85. The van der Waals surface area contributed by atoms with E-state index in [1.807, 2.05) is 20.8 Å². The molecule has 0 saturated heterocycles. The highest BCUT2D eigenvalue weighted by Gasteiger charge is 2.20. The lowest BCUT2D eigenvalue weighted by Crippen LogP contribution is -2.38. The summed E-state index contributed by atoms with van der Waals surface area (Å²) in [4.78, 5) is 11.6. The van der Waals surface area contributed by atoms with Gasteiger partial charge in [0.2, 0.25) is 5.91 Å². The summed E-state index contributed by atoms with van der Waals surface area (Å²) in [6.45, 7) is 6.15. The van der Waals surface area contributed by atoms with Gasteiger partial charge < -0.3 is 5.32 Å².